The molecule has 1 saturated heterocycles. The summed E-state index contributed by atoms with van der Waals surface area (Å²) in [5.41, 5.74) is 6.52. The molecule has 1 aromatic carbocycles. The minimum atomic E-state index is -0.916. The molecule has 0 bridgehead atoms. The van der Waals surface area contributed by atoms with Crippen LogP contribution in [-0.4, -0.2) is 56.0 Å². The molecular formula is C16H25FN2O3. The molecule has 3 N–H and O–H groups in total. The van der Waals surface area contributed by atoms with Gasteiger partial charge in [0.05, 0.1) is 12.7 Å². The van der Waals surface area contributed by atoms with Crippen LogP contribution in [0.4, 0.5) is 4.39 Å². The van der Waals surface area contributed by atoms with Gasteiger partial charge in [0.25, 0.3) is 0 Å². The number of likely N-dealkylation sites (tertiary alicyclic amines) is 1. The molecule has 0 aliphatic carbocycles. The van der Waals surface area contributed by atoms with E-state index >= 15 is 0 Å². The molecule has 124 valence electrons. The van der Waals surface area contributed by atoms with Crippen LogP contribution in [0.15, 0.2) is 18.2 Å². The Bertz CT molecular complexity index is 467. The molecule has 0 saturated carbocycles. The van der Waals surface area contributed by atoms with Crippen molar-refractivity contribution in [3.05, 3.63) is 29.6 Å². The van der Waals surface area contributed by atoms with E-state index in [2.05, 4.69) is 4.90 Å². The topological polar surface area (TPSA) is 67.9 Å². The number of rotatable bonds is 8. The van der Waals surface area contributed by atoms with Crippen molar-refractivity contribution in [2.45, 2.75) is 25.0 Å². The molecule has 1 fully saturated rings. The van der Waals surface area contributed by atoms with Crippen LogP contribution in [0.3, 0.4) is 0 Å². The summed E-state index contributed by atoms with van der Waals surface area (Å²) >= 11 is 0. The zero-order valence-electron chi connectivity index (χ0n) is 13.0. The van der Waals surface area contributed by atoms with Crippen molar-refractivity contribution in [2.75, 3.05) is 40.0 Å². The van der Waals surface area contributed by atoms with Crippen LogP contribution in [0.5, 0.6) is 5.75 Å². The summed E-state index contributed by atoms with van der Waals surface area (Å²) in [5.74, 6) is -0.0724. The van der Waals surface area contributed by atoms with Crippen molar-refractivity contribution in [2.24, 2.45) is 5.73 Å². The van der Waals surface area contributed by atoms with E-state index in [4.69, 9.17) is 15.2 Å². The van der Waals surface area contributed by atoms with Gasteiger partial charge in [-0.25, -0.2) is 4.39 Å². The lowest BCUT2D eigenvalue weighted by Crippen LogP contribution is -2.40. The van der Waals surface area contributed by atoms with Gasteiger partial charge >= 0.3 is 0 Å². The minimum absolute atomic E-state index is 0.329. The summed E-state index contributed by atoms with van der Waals surface area (Å²) in [6.07, 6.45) is 1.42. The molecule has 0 unspecified atom stereocenters. The predicted molar refractivity (Wildman–Crippen MR) is 82.4 cm³/mol. The van der Waals surface area contributed by atoms with Gasteiger partial charge in [-0.15, -0.1) is 0 Å². The maximum absolute atomic E-state index is 13.7. The molecule has 0 amide bonds. The molecule has 5 nitrogen and oxygen atoms in total. The Morgan fingerprint density at radius 3 is 2.68 bits per heavy atom. The van der Waals surface area contributed by atoms with E-state index in [0.717, 1.165) is 13.1 Å². The molecule has 0 aromatic heterocycles. The van der Waals surface area contributed by atoms with Gasteiger partial charge in [0, 0.05) is 25.8 Å². The third kappa shape index (κ3) is 4.91. The first-order valence-electron chi connectivity index (χ1n) is 7.68. The van der Waals surface area contributed by atoms with Crippen molar-refractivity contribution in [3.63, 3.8) is 0 Å². The molecule has 6 heteroatoms. The number of methoxy groups -OCH3 is 1. The van der Waals surface area contributed by atoms with Gasteiger partial charge in [-0.2, -0.15) is 0 Å². The molecule has 22 heavy (non-hydrogen) atoms. The lowest BCUT2D eigenvalue weighted by molar-refractivity contribution is 0.124. The monoisotopic (exact) mass is 312 g/mol. The van der Waals surface area contributed by atoms with E-state index in [9.17, 15) is 9.50 Å². The fourth-order valence-corrected chi connectivity index (χ4v) is 2.69. The minimum Gasteiger partial charge on any atom is -0.491 e. The van der Waals surface area contributed by atoms with E-state index in [0.29, 0.717) is 31.1 Å². The second-order valence-electron chi connectivity index (χ2n) is 5.68. The number of nitrogens with zero attached hydrogens (tertiary/aromatic N) is 1. The van der Waals surface area contributed by atoms with Crippen LogP contribution in [0, 0.1) is 5.82 Å². The van der Waals surface area contributed by atoms with E-state index < -0.39 is 18.0 Å². The highest BCUT2D eigenvalue weighted by atomic mass is 19.1. The Hall–Kier alpha value is -1.21. The molecular weight excluding hydrogens is 287 g/mol. The van der Waals surface area contributed by atoms with Crippen LogP contribution in [0.1, 0.15) is 24.5 Å². The maximum atomic E-state index is 13.7. The van der Waals surface area contributed by atoms with Crippen molar-refractivity contribution >= 4 is 0 Å². The fourth-order valence-electron chi connectivity index (χ4n) is 2.69. The number of benzene rings is 1. The maximum Gasteiger partial charge on any atom is 0.127 e. The lowest BCUT2D eigenvalue weighted by Gasteiger charge is -2.24. The lowest BCUT2D eigenvalue weighted by atomic mass is 10.0. The Labute approximate surface area is 130 Å². The van der Waals surface area contributed by atoms with Gasteiger partial charge in [0.2, 0.25) is 0 Å². The highest BCUT2D eigenvalue weighted by Crippen LogP contribution is 2.24. The van der Waals surface area contributed by atoms with Crippen LogP contribution >= 0.6 is 0 Å². The zero-order valence-corrected chi connectivity index (χ0v) is 13.0. The molecule has 2 atom stereocenters. The Morgan fingerprint density at radius 1 is 1.27 bits per heavy atom. The average molecular weight is 312 g/mol. The first-order chi connectivity index (χ1) is 10.6. The zero-order chi connectivity index (χ0) is 15.9. The third-order valence-electron chi connectivity index (χ3n) is 3.86. The van der Waals surface area contributed by atoms with Crippen LogP contribution in [-0.2, 0) is 4.74 Å². The number of hydrogen-bond acceptors (Lipinski definition) is 5. The molecule has 0 spiro atoms. The highest BCUT2D eigenvalue weighted by Gasteiger charge is 2.22. The number of aliphatic hydroxyl groups is 1. The second-order valence-corrected chi connectivity index (χ2v) is 5.68. The van der Waals surface area contributed by atoms with Crippen LogP contribution < -0.4 is 10.5 Å². The van der Waals surface area contributed by atoms with Gasteiger partial charge in [-0.05, 0) is 43.6 Å². The van der Waals surface area contributed by atoms with Crippen molar-refractivity contribution in [1.29, 1.82) is 0 Å². The van der Waals surface area contributed by atoms with Gasteiger partial charge in [-0.1, -0.05) is 0 Å². The molecule has 2 rings (SSSR count). The first kappa shape index (κ1) is 17.1. The highest BCUT2D eigenvalue weighted by molar-refractivity contribution is 5.31. The van der Waals surface area contributed by atoms with Crippen molar-refractivity contribution in [3.8, 4) is 5.75 Å². The summed E-state index contributed by atoms with van der Waals surface area (Å²) in [5, 5.41) is 10.4. The number of nitrogens with two attached hydrogens (primary N) is 1. The standard InChI is InChI=1S/C16H25FN2O3/c1-21-6-7-22-14-9-12(8-13(17)10-14)16(20)15(18)11-19-4-2-3-5-19/h8-10,15-16,20H,2-7,11,18H2,1H3/t15-,16-/m1/s1. The summed E-state index contributed by atoms with van der Waals surface area (Å²) in [4.78, 5) is 2.23. The van der Waals surface area contributed by atoms with Crippen LogP contribution in [0.2, 0.25) is 0 Å². The third-order valence-corrected chi connectivity index (χ3v) is 3.86. The van der Waals surface area contributed by atoms with E-state index in [1.54, 1.807) is 13.2 Å². The van der Waals surface area contributed by atoms with Gasteiger partial charge in [0.1, 0.15) is 18.2 Å². The normalized spacial score (nSPS) is 18.4. The van der Waals surface area contributed by atoms with Gasteiger partial charge in [0.15, 0.2) is 0 Å². The second kappa shape index (κ2) is 8.43. The van der Waals surface area contributed by atoms with E-state index in [-0.39, 0.29) is 0 Å². The number of hydrogen-bond donors (Lipinski definition) is 2. The Morgan fingerprint density at radius 2 is 2.00 bits per heavy atom. The van der Waals surface area contributed by atoms with Gasteiger partial charge < -0.3 is 25.2 Å². The SMILES string of the molecule is COCCOc1cc(F)cc([C@@H](O)[C@H](N)CN2CCCC2)c1. The summed E-state index contributed by atoms with van der Waals surface area (Å²) < 4.78 is 24.0. The largest absolute Gasteiger partial charge is 0.491 e. The molecule has 1 aliphatic heterocycles. The Kier molecular flexibility index (Phi) is 6.57. The summed E-state index contributed by atoms with van der Waals surface area (Å²) in [6.45, 7) is 3.37. The van der Waals surface area contributed by atoms with Gasteiger partial charge in [-0.3, -0.25) is 0 Å². The fraction of sp³-hybridized carbons (Fsp3) is 0.625. The quantitative estimate of drug-likeness (QED) is 0.708. The van der Waals surface area contributed by atoms with Crippen molar-refractivity contribution < 1.29 is 19.0 Å². The summed E-state index contributed by atoms with van der Waals surface area (Å²) in [7, 11) is 1.57. The first-order valence-corrected chi connectivity index (χ1v) is 7.68. The molecule has 0 radical (unpaired) electrons. The van der Waals surface area contributed by atoms with E-state index in [1.165, 1.54) is 25.0 Å². The number of halogens is 1. The molecule has 1 aliphatic rings. The van der Waals surface area contributed by atoms with E-state index in [1.807, 2.05) is 0 Å². The number of aliphatic hydroxyl groups excluding tert-OH is 1. The van der Waals surface area contributed by atoms with Crippen LogP contribution in [0.25, 0.3) is 0 Å². The Balaban J connectivity index is 1.99. The van der Waals surface area contributed by atoms with Crippen molar-refractivity contribution in [1.82, 2.24) is 4.90 Å². The molecule has 1 aromatic rings. The molecule has 1 heterocycles. The average Bonchev–Trinajstić information content (AvgIpc) is 2.99. The summed E-state index contributed by atoms with van der Waals surface area (Å²) in [6, 6.07) is 3.77. The number of ether oxygens (including phenoxy) is 2. The smallest absolute Gasteiger partial charge is 0.127 e. The predicted octanol–water partition coefficient (Wildman–Crippen LogP) is 1.31.